The highest BCUT2D eigenvalue weighted by atomic mass is 32.1. The molecular formula is C24H21N3O2S. The number of hydrogen-bond acceptors (Lipinski definition) is 4. The Bertz CT molecular complexity index is 1150. The number of para-hydroxylation sites is 1. The minimum Gasteiger partial charge on any atom is -0.493 e. The van der Waals surface area contributed by atoms with Gasteiger partial charge < -0.3 is 10.1 Å². The summed E-state index contributed by atoms with van der Waals surface area (Å²) in [5.74, 6) is 0.728. The van der Waals surface area contributed by atoms with E-state index in [-0.39, 0.29) is 11.9 Å². The van der Waals surface area contributed by atoms with E-state index >= 15 is 0 Å². The Morgan fingerprint density at radius 1 is 1.10 bits per heavy atom. The van der Waals surface area contributed by atoms with Gasteiger partial charge >= 0.3 is 0 Å². The standard InChI is InChI=1S/C24H21N3O2S/c28-24(25-20-12-13-29-21-10-5-4-9-18(20)21)19-16-27(15-17-7-2-1-3-8-17)26-23(19)22-11-6-14-30-22/h1-11,14,16,20H,12-13,15H2,(H,25,28)/t20-/m0/s1. The minimum atomic E-state index is -0.112. The lowest BCUT2D eigenvalue weighted by Crippen LogP contribution is -2.32. The molecule has 0 saturated heterocycles. The molecule has 0 radical (unpaired) electrons. The molecule has 0 unspecified atom stereocenters. The summed E-state index contributed by atoms with van der Waals surface area (Å²) >= 11 is 1.59. The number of nitrogens with one attached hydrogen (secondary N) is 1. The molecule has 1 aliphatic heterocycles. The third-order valence-electron chi connectivity index (χ3n) is 5.21. The highest BCUT2D eigenvalue weighted by Crippen LogP contribution is 2.33. The molecule has 0 aliphatic carbocycles. The molecule has 6 heteroatoms. The van der Waals surface area contributed by atoms with Crippen molar-refractivity contribution in [1.29, 1.82) is 0 Å². The van der Waals surface area contributed by atoms with Gasteiger partial charge in [-0.15, -0.1) is 11.3 Å². The molecule has 1 N–H and O–H groups in total. The van der Waals surface area contributed by atoms with Crippen LogP contribution in [0.25, 0.3) is 10.6 Å². The molecule has 4 aromatic rings. The number of amides is 1. The SMILES string of the molecule is O=C(N[C@H]1CCOc2ccccc21)c1cn(Cc2ccccc2)nc1-c1cccs1. The maximum atomic E-state index is 13.3. The monoisotopic (exact) mass is 415 g/mol. The fourth-order valence-electron chi connectivity index (χ4n) is 3.76. The van der Waals surface area contributed by atoms with Gasteiger partial charge in [-0.1, -0.05) is 54.6 Å². The number of rotatable bonds is 5. The van der Waals surface area contributed by atoms with Gasteiger partial charge in [0.15, 0.2) is 0 Å². The van der Waals surface area contributed by atoms with Gasteiger partial charge in [-0.3, -0.25) is 9.48 Å². The van der Waals surface area contributed by atoms with E-state index < -0.39 is 0 Å². The van der Waals surface area contributed by atoms with Crippen LogP contribution < -0.4 is 10.1 Å². The topological polar surface area (TPSA) is 56.1 Å². The summed E-state index contributed by atoms with van der Waals surface area (Å²) < 4.78 is 7.57. The Morgan fingerprint density at radius 2 is 1.93 bits per heavy atom. The Kier molecular flexibility index (Phi) is 5.07. The average molecular weight is 416 g/mol. The smallest absolute Gasteiger partial charge is 0.255 e. The molecule has 30 heavy (non-hydrogen) atoms. The molecule has 1 atom stereocenters. The van der Waals surface area contributed by atoms with Crippen LogP contribution in [-0.4, -0.2) is 22.3 Å². The van der Waals surface area contributed by atoms with Crippen LogP contribution in [-0.2, 0) is 6.54 Å². The Morgan fingerprint density at radius 3 is 2.77 bits per heavy atom. The minimum absolute atomic E-state index is 0.0730. The lowest BCUT2D eigenvalue weighted by molar-refractivity contribution is 0.0925. The van der Waals surface area contributed by atoms with Gasteiger partial charge in [-0.25, -0.2) is 0 Å². The Balaban J connectivity index is 1.45. The van der Waals surface area contributed by atoms with Crippen molar-refractivity contribution in [3.8, 4) is 16.3 Å². The highest BCUT2D eigenvalue weighted by molar-refractivity contribution is 7.13. The molecule has 5 rings (SSSR count). The zero-order valence-corrected chi connectivity index (χ0v) is 17.1. The van der Waals surface area contributed by atoms with E-state index in [0.717, 1.165) is 33.9 Å². The van der Waals surface area contributed by atoms with E-state index in [4.69, 9.17) is 9.84 Å². The molecule has 0 spiro atoms. The van der Waals surface area contributed by atoms with Crippen molar-refractivity contribution in [2.24, 2.45) is 0 Å². The third-order valence-corrected chi connectivity index (χ3v) is 6.09. The van der Waals surface area contributed by atoms with Gasteiger partial charge in [0.2, 0.25) is 0 Å². The summed E-state index contributed by atoms with van der Waals surface area (Å²) in [5.41, 5.74) is 3.48. The van der Waals surface area contributed by atoms with Gasteiger partial charge in [-0.05, 0) is 23.1 Å². The molecule has 2 aromatic carbocycles. The second-order valence-corrected chi connectivity index (χ2v) is 8.20. The van der Waals surface area contributed by atoms with Gasteiger partial charge in [-0.2, -0.15) is 5.10 Å². The molecule has 150 valence electrons. The van der Waals surface area contributed by atoms with E-state index in [1.54, 1.807) is 11.3 Å². The average Bonchev–Trinajstić information content (AvgIpc) is 3.45. The largest absolute Gasteiger partial charge is 0.493 e. The van der Waals surface area contributed by atoms with Crippen LogP contribution in [0.5, 0.6) is 5.75 Å². The summed E-state index contributed by atoms with van der Waals surface area (Å²) in [4.78, 5) is 14.3. The molecule has 0 bridgehead atoms. The van der Waals surface area contributed by atoms with Crippen molar-refractivity contribution >= 4 is 17.2 Å². The van der Waals surface area contributed by atoms with Crippen molar-refractivity contribution in [2.45, 2.75) is 19.0 Å². The molecule has 3 heterocycles. The number of thiophene rings is 1. The quantitative estimate of drug-likeness (QED) is 0.504. The molecule has 0 fully saturated rings. The van der Waals surface area contributed by atoms with Gasteiger partial charge in [0, 0.05) is 18.2 Å². The number of hydrogen-bond donors (Lipinski definition) is 1. The number of fused-ring (bicyclic) bond motifs is 1. The van der Waals surface area contributed by atoms with Crippen LogP contribution in [0.3, 0.4) is 0 Å². The van der Waals surface area contributed by atoms with Crippen molar-refractivity contribution in [3.63, 3.8) is 0 Å². The second-order valence-electron chi connectivity index (χ2n) is 7.25. The normalized spacial score (nSPS) is 15.3. The van der Waals surface area contributed by atoms with E-state index in [9.17, 15) is 4.79 Å². The van der Waals surface area contributed by atoms with Crippen molar-refractivity contribution in [1.82, 2.24) is 15.1 Å². The number of ether oxygens (including phenoxy) is 1. The Labute approximate surface area is 178 Å². The Hall–Kier alpha value is -3.38. The number of aromatic nitrogens is 2. The van der Waals surface area contributed by atoms with E-state index in [2.05, 4.69) is 17.4 Å². The van der Waals surface area contributed by atoms with Crippen molar-refractivity contribution in [3.05, 3.63) is 95.0 Å². The zero-order chi connectivity index (χ0) is 20.3. The van der Waals surface area contributed by atoms with Crippen LogP contribution in [0.4, 0.5) is 0 Å². The van der Waals surface area contributed by atoms with E-state index in [0.29, 0.717) is 18.7 Å². The highest BCUT2D eigenvalue weighted by Gasteiger charge is 2.26. The molecule has 5 nitrogen and oxygen atoms in total. The van der Waals surface area contributed by atoms with E-state index in [1.165, 1.54) is 0 Å². The lowest BCUT2D eigenvalue weighted by atomic mass is 10.00. The molecule has 1 amide bonds. The van der Waals surface area contributed by atoms with Gasteiger partial charge in [0.1, 0.15) is 11.4 Å². The number of benzene rings is 2. The van der Waals surface area contributed by atoms with Crippen LogP contribution in [0.2, 0.25) is 0 Å². The van der Waals surface area contributed by atoms with Crippen LogP contribution >= 0.6 is 11.3 Å². The maximum absolute atomic E-state index is 13.3. The summed E-state index contributed by atoms with van der Waals surface area (Å²) in [6, 6.07) is 21.9. The third kappa shape index (κ3) is 3.74. The first-order chi connectivity index (χ1) is 14.8. The lowest BCUT2D eigenvalue weighted by Gasteiger charge is -2.26. The van der Waals surface area contributed by atoms with Gasteiger partial charge in [0.05, 0.1) is 29.6 Å². The first kappa shape index (κ1) is 18.6. The summed E-state index contributed by atoms with van der Waals surface area (Å²) in [6.07, 6.45) is 2.60. The second kappa shape index (κ2) is 8.16. The van der Waals surface area contributed by atoms with Crippen LogP contribution in [0.1, 0.15) is 33.9 Å². The maximum Gasteiger partial charge on any atom is 0.255 e. The van der Waals surface area contributed by atoms with E-state index in [1.807, 2.05) is 70.9 Å². The predicted octanol–water partition coefficient (Wildman–Crippen LogP) is 4.91. The van der Waals surface area contributed by atoms with Crippen LogP contribution in [0.15, 0.2) is 78.3 Å². The molecular weight excluding hydrogens is 394 g/mol. The van der Waals surface area contributed by atoms with Crippen molar-refractivity contribution < 1.29 is 9.53 Å². The van der Waals surface area contributed by atoms with Crippen molar-refractivity contribution in [2.75, 3.05) is 6.61 Å². The number of carbonyl (C=O) groups excluding carboxylic acids is 1. The number of nitrogens with zero attached hydrogens (tertiary/aromatic N) is 2. The van der Waals surface area contributed by atoms with Gasteiger partial charge in [0.25, 0.3) is 5.91 Å². The fraction of sp³-hybridized carbons (Fsp3) is 0.167. The molecule has 1 aliphatic rings. The molecule has 2 aromatic heterocycles. The summed E-state index contributed by atoms with van der Waals surface area (Å²) in [5, 5.41) is 9.95. The van der Waals surface area contributed by atoms with Crippen LogP contribution in [0, 0.1) is 0 Å². The number of carbonyl (C=O) groups is 1. The first-order valence-electron chi connectivity index (χ1n) is 9.96. The molecule has 0 saturated carbocycles. The summed E-state index contributed by atoms with van der Waals surface area (Å²) in [6.45, 7) is 1.21. The summed E-state index contributed by atoms with van der Waals surface area (Å²) in [7, 11) is 0. The fourth-order valence-corrected chi connectivity index (χ4v) is 4.49. The predicted molar refractivity (Wildman–Crippen MR) is 118 cm³/mol. The zero-order valence-electron chi connectivity index (χ0n) is 16.3. The first-order valence-corrected chi connectivity index (χ1v) is 10.8.